The number of nitrogens with one attached hydrogen (secondary N) is 1. The van der Waals surface area contributed by atoms with Gasteiger partial charge >= 0.3 is 5.97 Å². The van der Waals surface area contributed by atoms with E-state index in [1.807, 2.05) is 0 Å². The minimum atomic E-state index is -1.02. The van der Waals surface area contributed by atoms with Crippen molar-refractivity contribution in [2.45, 2.75) is 13.0 Å². The van der Waals surface area contributed by atoms with Gasteiger partial charge in [-0.05, 0) is 37.3 Å². The van der Waals surface area contributed by atoms with Crippen LogP contribution in [0.3, 0.4) is 0 Å². The van der Waals surface area contributed by atoms with Gasteiger partial charge in [-0.2, -0.15) is 0 Å². The number of halogens is 2. The van der Waals surface area contributed by atoms with E-state index in [2.05, 4.69) is 5.32 Å². The number of carbonyl (C=O) groups excluding carboxylic acids is 2. The monoisotopic (exact) mass is 396 g/mol. The summed E-state index contributed by atoms with van der Waals surface area (Å²) in [7, 11) is 0. The number of ether oxygens (including phenoxy) is 2. The Bertz CT molecular complexity index is 859. The van der Waals surface area contributed by atoms with E-state index in [4.69, 9.17) is 21.1 Å². The van der Waals surface area contributed by atoms with Crippen LogP contribution in [0, 0.1) is 15.9 Å². The van der Waals surface area contributed by atoms with E-state index in [0.29, 0.717) is 0 Å². The molecule has 0 saturated carbocycles. The van der Waals surface area contributed by atoms with Gasteiger partial charge in [-0.1, -0.05) is 11.6 Å². The molecule has 1 amide bonds. The molecule has 10 heteroatoms. The summed E-state index contributed by atoms with van der Waals surface area (Å²) in [5.41, 5.74) is -0.0879. The lowest BCUT2D eigenvalue weighted by atomic mass is 10.3. The van der Waals surface area contributed by atoms with Crippen LogP contribution in [-0.4, -0.2) is 29.5 Å². The smallest absolute Gasteiger partial charge is 0.347 e. The summed E-state index contributed by atoms with van der Waals surface area (Å²) in [6.07, 6.45) is -1.02. The highest BCUT2D eigenvalue weighted by Gasteiger charge is 2.18. The number of benzene rings is 2. The van der Waals surface area contributed by atoms with Crippen molar-refractivity contribution in [3.63, 3.8) is 0 Å². The van der Waals surface area contributed by atoms with E-state index in [1.54, 1.807) is 0 Å². The van der Waals surface area contributed by atoms with E-state index in [-0.39, 0.29) is 22.1 Å². The molecule has 0 aromatic heterocycles. The molecular weight excluding hydrogens is 383 g/mol. The zero-order chi connectivity index (χ0) is 20.0. The van der Waals surface area contributed by atoms with Crippen molar-refractivity contribution in [3.05, 3.63) is 63.4 Å². The number of carbonyl (C=O) groups is 2. The van der Waals surface area contributed by atoms with E-state index < -0.39 is 35.3 Å². The normalized spacial score (nSPS) is 11.4. The number of anilines is 1. The Morgan fingerprint density at radius 2 is 1.93 bits per heavy atom. The predicted octanol–water partition coefficient (Wildman–Crippen LogP) is 3.34. The topological polar surface area (TPSA) is 108 Å². The van der Waals surface area contributed by atoms with Gasteiger partial charge in [0.15, 0.2) is 12.7 Å². The molecule has 8 nitrogen and oxygen atoms in total. The molecule has 0 aliphatic rings. The molecule has 0 bridgehead atoms. The molecule has 0 radical (unpaired) electrons. The number of nitro benzene ring substituents is 1. The summed E-state index contributed by atoms with van der Waals surface area (Å²) >= 11 is 5.86. The Hall–Kier alpha value is -3.20. The predicted molar refractivity (Wildman–Crippen MR) is 94.2 cm³/mol. The van der Waals surface area contributed by atoms with E-state index >= 15 is 0 Å². The summed E-state index contributed by atoms with van der Waals surface area (Å²) in [6.45, 7) is 0.806. The summed E-state index contributed by atoms with van der Waals surface area (Å²) in [5.74, 6) is -1.67. The van der Waals surface area contributed by atoms with Crippen molar-refractivity contribution in [2.24, 2.45) is 0 Å². The first-order chi connectivity index (χ1) is 12.8. The molecular formula is C17H14ClFN2O6. The van der Waals surface area contributed by atoms with Crippen LogP contribution >= 0.6 is 11.6 Å². The second kappa shape index (κ2) is 8.95. The number of nitro groups is 1. The lowest BCUT2D eigenvalue weighted by Gasteiger charge is -2.14. The zero-order valence-corrected chi connectivity index (χ0v) is 14.7. The number of hydrogen-bond acceptors (Lipinski definition) is 6. The molecule has 1 N–H and O–H groups in total. The Morgan fingerprint density at radius 3 is 2.52 bits per heavy atom. The highest BCUT2D eigenvalue weighted by molar-refractivity contribution is 6.34. The first-order valence-corrected chi connectivity index (χ1v) is 7.96. The second-order valence-electron chi connectivity index (χ2n) is 5.29. The van der Waals surface area contributed by atoms with Crippen LogP contribution in [0.15, 0.2) is 42.5 Å². The van der Waals surface area contributed by atoms with Crippen molar-refractivity contribution in [1.82, 2.24) is 0 Å². The minimum absolute atomic E-state index is 0.0307. The molecule has 0 saturated heterocycles. The summed E-state index contributed by atoms with van der Waals surface area (Å²) < 4.78 is 22.9. The summed E-state index contributed by atoms with van der Waals surface area (Å²) in [4.78, 5) is 33.7. The molecule has 2 aromatic rings. The van der Waals surface area contributed by atoms with Gasteiger partial charge in [0.05, 0.1) is 15.6 Å². The number of non-ortho nitro benzene ring substituents is 1. The number of esters is 1. The molecule has 27 heavy (non-hydrogen) atoms. The van der Waals surface area contributed by atoms with Crippen LogP contribution in [-0.2, 0) is 14.3 Å². The molecule has 0 fully saturated rings. The van der Waals surface area contributed by atoms with Crippen molar-refractivity contribution >= 4 is 34.9 Å². The lowest BCUT2D eigenvalue weighted by Crippen LogP contribution is -2.29. The minimum Gasteiger partial charge on any atom is -0.479 e. The van der Waals surface area contributed by atoms with Gasteiger partial charge in [-0.3, -0.25) is 14.9 Å². The van der Waals surface area contributed by atoms with Crippen LogP contribution < -0.4 is 10.1 Å². The third-order valence-corrected chi connectivity index (χ3v) is 3.55. The number of nitrogens with zero attached hydrogens (tertiary/aromatic N) is 1. The number of amides is 1. The SMILES string of the molecule is C[C@H](Oc1ccc(F)cc1)C(=O)OCC(=O)Nc1ccc([N+](=O)[O-])cc1Cl. The average molecular weight is 397 g/mol. The Labute approximate surface area is 158 Å². The van der Waals surface area contributed by atoms with E-state index in [0.717, 1.165) is 6.07 Å². The molecule has 0 spiro atoms. The Kier molecular flexibility index (Phi) is 6.67. The highest BCUT2D eigenvalue weighted by Crippen LogP contribution is 2.26. The van der Waals surface area contributed by atoms with E-state index in [1.165, 1.54) is 43.3 Å². The van der Waals surface area contributed by atoms with Gasteiger partial charge in [0, 0.05) is 12.1 Å². The number of hydrogen-bond donors (Lipinski definition) is 1. The van der Waals surface area contributed by atoms with Crippen LogP contribution in [0.4, 0.5) is 15.8 Å². The summed E-state index contributed by atoms with van der Waals surface area (Å²) in [5, 5.41) is 13.0. The molecule has 0 aliphatic carbocycles. The maximum Gasteiger partial charge on any atom is 0.347 e. The van der Waals surface area contributed by atoms with Gasteiger partial charge < -0.3 is 14.8 Å². The molecule has 0 heterocycles. The van der Waals surface area contributed by atoms with Crippen molar-refractivity contribution in [1.29, 1.82) is 0 Å². The Balaban J connectivity index is 1.84. The second-order valence-corrected chi connectivity index (χ2v) is 5.70. The van der Waals surface area contributed by atoms with Crippen LogP contribution in [0.1, 0.15) is 6.92 Å². The van der Waals surface area contributed by atoms with Crippen LogP contribution in [0.5, 0.6) is 5.75 Å². The van der Waals surface area contributed by atoms with Crippen molar-refractivity contribution < 1.29 is 28.4 Å². The van der Waals surface area contributed by atoms with Gasteiger partial charge in [0.2, 0.25) is 0 Å². The van der Waals surface area contributed by atoms with Crippen LogP contribution in [0.2, 0.25) is 5.02 Å². The maximum atomic E-state index is 12.8. The van der Waals surface area contributed by atoms with Gasteiger partial charge in [0.1, 0.15) is 11.6 Å². The maximum absolute atomic E-state index is 12.8. The fourth-order valence-corrected chi connectivity index (χ4v) is 2.15. The fraction of sp³-hybridized carbons (Fsp3) is 0.176. The fourth-order valence-electron chi connectivity index (χ4n) is 1.92. The highest BCUT2D eigenvalue weighted by atomic mass is 35.5. The van der Waals surface area contributed by atoms with Gasteiger partial charge in [-0.25, -0.2) is 9.18 Å². The zero-order valence-electron chi connectivity index (χ0n) is 14.0. The molecule has 2 aromatic carbocycles. The largest absolute Gasteiger partial charge is 0.479 e. The van der Waals surface area contributed by atoms with Gasteiger partial charge in [0.25, 0.3) is 11.6 Å². The molecule has 1 atom stereocenters. The van der Waals surface area contributed by atoms with Crippen LogP contribution in [0.25, 0.3) is 0 Å². The third kappa shape index (κ3) is 5.93. The van der Waals surface area contributed by atoms with Crippen molar-refractivity contribution in [2.75, 3.05) is 11.9 Å². The lowest BCUT2D eigenvalue weighted by molar-refractivity contribution is -0.384. The van der Waals surface area contributed by atoms with Crippen molar-refractivity contribution in [3.8, 4) is 5.75 Å². The Morgan fingerprint density at radius 1 is 1.26 bits per heavy atom. The standard InChI is InChI=1S/C17H14ClFN2O6/c1-10(27-13-5-2-11(19)3-6-13)17(23)26-9-16(22)20-15-7-4-12(21(24)25)8-14(15)18/h2-8,10H,9H2,1H3,(H,20,22)/t10-/m0/s1. The summed E-state index contributed by atoms with van der Waals surface area (Å²) in [6, 6.07) is 8.57. The third-order valence-electron chi connectivity index (χ3n) is 3.24. The molecule has 0 unspecified atom stereocenters. The van der Waals surface area contributed by atoms with E-state index in [9.17, 15) is 24.1 Å². The average Bonchev–Trinajstić information content (AvgIpc) is 2.63. The molecule has 142 valence electrons. The number of rotatable bonds is 7. The first kappa shape index (κ1) is 20.1. The quantitative estimate of drug-likeness (QED) is 0.437. The first-order valence-electron chi connectivity index (χ1n) is 7.59. The van der Waals surface area contributed by atoms with Gasteiger partial charge in [-0.15, -0.1) is 0 Å². The molecule has 0 aliphatic heterocycles. The molecule has 2 rings (SSSR count).